The third-order valence-corrected chi connectivity index (χ3v) is 3.07. The number of aliphatic hydroxyl groups is 4. The highest BCUT2D eigenvalue weighted by Gasteiger charge is 2.38. The normalized spacial score (nSPS) is 33.7. The van der Waals surface area contributed by atoms with Gasteiger partial charge in [0.1, 0.15) is 24.4 Å². The molecule has 1 aliphatic rings. The van der Waals surface area contributed by atoms with Crippen molar-refractivity contribution in [3.8, 4) is 0 Å². The lowest BCUT2D eigenvalue weighted by Crippen LogP contribution is -2.47. The molecule has 4 N–H and O–H groups in total. The molecular weight excluding hydrogens is 252 g/mol. The molecule has 0 aliphatic carbocycles. The van der Waals surface area contributed by atoms with Crippen LogP contribution in [-0.4, -0.2) is 58.1 Å². The van der Waals surface area contributed by atoms with E-state index in [9.17, 15) is 15.3 Å². The van der Waals surface area contributed by atoms with Gasteiger partial charge in [-0.3, -0.25) is 0 Å². The van der Waals surface area contributed by atoms with Crippen molar-refractivity contribution in [1.82, 2.24) is 0 Å². The van der Waals surface area contributed by atoms with E-state index in [1.54, 1.807) is 24.3 Å². The topological polar surface area (TPSA) is 99.4 Å². The molecule has 2 rings (SSSR count). The second-order valence-electron chi connectivity index (χ2n) is 4.48. The van der Waals surface area contributed by atoms with Crippen LogP contribution in [0.4, 0.5) is 0 Å². The first-order chi connectivity index (χ1) is 9.13. The third-order valence-electron chi connectivity index (χ3n) is 3.07. The van der Waals surface area contributed by atoms with Crippen LogP contribution in [0.25, 0.3) is 0 Å². The third kappa shape index (κ3) is 3.30. The molecule has 1 saturated heterocycles. The number of hydrogen-bond acceptors (Lipinski definition) is 6. The minimum absolute atomic E-state index is 0.116. The van der Waals surface area contributed by atoms with E-state index in [4.69, 9.17) is 14.6 Å². The molecule has 106 valence electrons. The Morgan fingerprint density at radius 1 is 1.21 bits per heavy atom. The van der Waals surface area contributed by atoms with E-state index >= 15 is 0 Å². The maximum Gasteiger partial charge on any atom is 0.184 e. The Hall–Kier alpha value is -1.02. The summed E-state index contributed by atoms with van der Waals surface area (Å²) in [4.78, 5) is 0. The fraction of sp³-hybridized carbons (Fsp3) is 0.538. The molecular formula is C13H18O6. The van der Waals surface area contributed by atoms with Gasteiger partial charge in [0.05, 0.1) is 13.2 Å². The Kier molecular flexibility index (Phi) is 4.87. The largest absolute Gasteiger partial charge is 0.394 e. The van der Waals surface area contributed by atoms with Gasteiger partial charge in [0.2, 0.25) is 0 Å². The Balaban J connectivity index is 2.19. The molecule has 0 bridgehead atoms. The average molecular weight is 270 g/mol. The Bertz CT molecular complexity index is 384. The molecule has 0 spiro atoms. The van der Waals surface area contributed by atoms with E-state index in [-0.39, 0.29) is 6.61 Å². The molecule has 0 amide bonds. The quantitative estimate of drug-likeness (QED) is 0.572. The van der Waals surface area contributed by atoms with Crippen molar-refractivity contribution in [2.75, 3.05) is 13.2 Å². The molecule has 1 fully saturated rings. The minimum Gasteiger partial charge on any atom is -0.394 e. The molecule has 1 unspecified atom stereocenters. The maximum absolute atomic E-state index is 9.86. The van der Waals surface area contributed by atoms with E-state index in [0.717, 1.165) is 0 Å². The zero-order valence-electron chi connectivity index (χ0n) is 10.3. The predicted molar refractivity (Wildman–Crippen MR) is 65.1 cm³/mol. The fourth-order valence-electron chi connectivity index (χ4n) is 1.97. The summed E-state index contributed by atoms with van der Waals surface area (Å²) in [6.07, 6.45) is -5.72. The first-order valence-corrected chi connectivity index (χ1v) is 6.10. The number of benzene rings is 1. The van der Waals surface area contributed by atoms with Crippen molar-refractivity contribution in [3.63, 3.8) is 0 Å². The van der Waals surface area contributed by atoms with E-state index in [1.807, 2.05) is 6.07 Å². The zero-order valence-corrected chi connectivity index (χ0v) is 10.3. The van der Waals surface area contributed by atoms with Crippen molar-refractivity contribution in [3.05, 3.63) is 35.9 Å². The molecule has 0 radical (unpaired) electrons. The standard InChI is InChI=1S/C13H18O6/c14-6-9(15)12-11(17)10(16)7-18-13(19-12)8-4-2-1-3-5-8/h1-5,9-17H,6-7H2/t9-,10+,11+,12+,13?/m0/s1. The van der Waals surface area contributed by atoms with Gasteiger partial charge in [-0.25, -0.2) is 0 Å². The molecule has 0 saturated carbocycles. The van der Waals surface area contributed by atoms with E-state index in [1.165, 1.54) is 0 Å². The van der Waals surface area contributed by atoms with Crippen molar-refractivity contribution in [2.45, 2.75) is 30.7 Å². The molecule has 6 nitrogen and oxygen atoms in total. The first kappa shape index (κ1) is 14.4. The summed E-state index contributed by atoms with van der Waals surface area (Å²) in [5.74, 6) is 0. The molecule has 1 aromatic carbocycles. The lowest BCUT2D eigenvalue weighted by molar-refractivity contribution is -0.199. The summed E-state index contributed by atoms with van der Waals surface area (Å²) < 4.78 is 10.9. The summed E-state index contributed by atoms with van der Waals surface area (Å²) in [7, 11) is 0. The summed E-state index contributed by atoms with van der Waals surface area (Å²) in [5, 5.41) is 38.2. The maximum atomic E-state index is 9.86. The number of aliphatic hydroxyl groups excluding tert-OH is 4. The van der Waals surface area contributed by atoms with Crippen LogP contribution in [0.3, 0.4) is 0 Å². The van der Waals surface area contributed by atoms with Crippen LogP contribution in [0.5, 0.6) is 0 Å². The summed E-state index contributed by atoms with van der Waals surface area (Å²) in [5.41, 5.74) is 0.707. The molecule has 1 heterocycles. The number of rotatable bonds is 3. The lowest BCUT2D eigenvalue weighted by atomic mass is 10.0. The van der Waals surface area contributed by atoms with Crippen molar-refractivity contribution in [2.24, 2.45) is 0 Å². The molecule has 5 atom stereocenters. The van der Waals surface area contributed by atoms with Crippen LogP contribution < -0.4 is 0 Å². The van der Waals surface area contributed by atoms with Crippen LogP contribution in [0.1, 0.15) is 11.9 Å². The highest BCUT2D eigenvalue weighted by Crippen LogP contribution is 2.27. The van der Waals surface area contributed by atoms with Crippen LogP contribution in [-0.2, 0) is 9.47 Å². The van der Waals surface area contributed by atoms with Gasteiger partial charge < -0.3 is 29.9 Å². The Morgan fingerprint density at radius 3 is 2.53 bits per heavy atom. The lowest BCUT2D eigenvalue weighted by Gasteiger charge is -2.27. The smallest absolute Gasteiger partial charge is 0.184 e. The molecule has 1 aliphatic heterocycles. The van der Waals surface area contributed by atoms with Gasteiger partial charge in [0.25, 0.3) is 0 Å². The second-order valence-corrected chi connectivity index (χ2v) is 4.48. The average Bonchev–Trinajstić information content (AvgIpc) is 2.60. The molecule has 0 aromatic heterocycles. The van der Waals surface area contributed by atoms with Crippen molar-refractivity contribution < 1.29 is 29.9 Å². The van der Waals surface area contributed by atoms with Crippen LogP contribution in [0.15, 0.2) is 30.3 Å². The van der Waals surface area contributed by atoms with E-state index in [2.05, 4.69) is 0 Å². The van der Waals surface area contributed by atoms with Gasteiger partial charge in [-0.2, -0.15) is 0 Å². The summed E-state index contributed by atoms with van der Waals surface area (Å²) in [6.45, 7) is -0.689. The zero-order chi connectivity index (χ0) is 13.8. The second kappa shape index (κ2) is 6.42. The molecule has 19 heavy (non-hydrogen) atoms. The summed E-state index contributed by atoms with van der Waals surface area (Å²) >= 11 is 0. The van der Waals surface area contributed by atoms with E-state index in [0.29, 0.717) is 5.56 Å². The van der Waals surface area contributed by atoms with Gasteiger partial charge in [0, 0.05) is 5.56 Å². The van der Waals surface area contributed by atoms with Crippen LogP contribution >= 0.6 is 0 Å². The van der Waals surface area contributed by atoms with Gasteiger partial charge in [-0.05, 0) is 0 Å². The Morgan fingerprint density at radius 2 is 1.89 bits per heavy atom. The molecule has 6 heteroatoms. The van der Waals surface area contributed by atoms with Gasteiger partial charge in [0.15, 0.2) is 6.29 Å². The molecule has 1 aromatic rings. The van der Waals surface area contributed by atoms with Crippen LogP contribution in [0, 0.1) is 0 Å². The fourth-order valence-corrected chi connectivity index (χ4v) is 1.97. The SMILES string of the molecule is OC[C@H](O)[C@H]1OC(c2ccccc2)OC[C@@H](O)[C@H]1O. The summed E-state index contributed by atoms with van der Waals surface area (Å²) in [6, 6.07) is 8.99. The number of hydrogen-bond donors (Lipinski definition) is 4. The van der Waals surface area contributed by atoms with Gasteiger partial charge >= 0.3 is 0 Å². The monoisotopic (exact) mass is 270 g/mol. The van der Waals surface area contributed by atoms with Crippen LogP contribution in [0.2, 0.25) is 0 Å². The minimum atomic E-state index is -1.32. The van der Waals surface area contributed by atoms with E-state index < -0.39 is 37.3 Å². The van der Waals surface area contributed by atoms with Gasteiger partial charge in [-0.1, -0.05) is 30.3 Å². The number of ether oxygens (including phenoxy) is 2. The highest BCUT2D eigenvalue weighted by molar-refractivity contribution is 5.16. The predicted octanol–water partition coefficient (Wildman–Crippen LogP) is -0.824. The van der Waals surface area contributed by atoms with Crippen molar-refractivity contribution >= 4 is 0 Å². The highest BCUT2D eigenvalue weighted by atomic mass is 16.7. The Labute approximate surface area is 110 Å². The first-order valence-electron chi connectivity index (χ1n) is 6.10. The van der Waals surface area contributed by atoms with Crippen molar-refractivity contribution in [1.29, 1.82) is 0 Å². The van der Waals surface area contributed by atoms with Gasteiger partial charge in [-0.15, -0.1) is 0 Å².